The summed E-state index contributed by atoms with van der Waals surface area (Å²) >= 11 is 6.00. The van der Waals surface area contributed by atoms with Gasteiger partial charge in [0.15, 0.2) is 0 Å². The van der Waals surface area contributed by atoms with Gasteiger partial charge in [0.25, 0.3) is 0 Å². The Hall–Kier alpha value is -1.10. The molecule has 6 heteroatoms. The molecule has 5 nitrogen and oxygen atoms in total. The first kappa shape index (κ1) is 16.0. The average molecular weight is 286 g/mol. The Kier molecular flexibility index (Phi) is 5.79. The van der Waals surface area contributed by atoms with Crippen LogP contribution in [-0.4, -0.2) is 42.1 Å². The SMILES string of the molecule is CC(C)CN(CC(C)C)c1nc(Cl)nc(N(C)C)n1. The molecule has 0 N–H and O–H groups in total. The molecule has 1 rings (SSSR count). The molecule has 0 aliphatic rings. The third kappa shape index (κ3) is 5.19. The number of anilines is 2. The van der Waals surface area contributed by atoms with Crippen molar-refractivity contribution in [2.75, 3.05) is 37.0 Å². The first-order valence-electron chi connectivity index (χ1n) is 6.63. The highest BCUT2D eigenvalue weighted by molar-refractivity contribution is 6.28. The highest BCUT2D eigenvalue weighted by Crippen LogP contribution is 2.17. The number of rotatable bonds is 6. The van der Waals surface area contributed by atoms with Crippen LogP contribution in [0.25, 0.3) is 0 Å². The van der Waals surface area contributed by atoms with Gasteiger partial charge in [0, 0.05) is 27.2 Å². The molecule has 0 unspecified atom stereocenters. The fourth-order valence-electron chi connectivity index (χ4n) is 1.79. The summed E-state index contributed by atoms with van der Waals surface area (Å²) in [6.07, 6.45) is 0. The smallest absolute Gasteiger partial charge is 0.231 e. The lowest BCUT2D eigenvalue weighted by molar-refractivity contribution is 0.543. The predicted octanol–water partition coefficient (Wildman–Crippen LogP) is 2.71. The summed E-state index contributed by atoms with van der Waals surface area (Å²) in [6.45, 7) is 10.6. The van der Waals surface area contributed by atoms with Gasteiger partial charge in [-0.3, -0.25) is 0 Å². The molecular formula is C13H24ClN5. The fraction of sp³-hybridized carbons (Fsp3) is 0.769. The summed E-state index contributed by atoms with van der Waals surface area (Å²) in [6, 6.07) is 0. The van der Waals surface area contributed by atoms with Crippen molar-refractivity contribution in [3.05, 3.63) is 5.28 Å². The molecule has 0 aromatic carbocycles. The van der Waals surface area contributed by atoms with E-state index in [1.54, 1.807) is 0 Å². The monoisotopic (exact) mass is 285 g/mol. The molecule has 1 aromatic rings. The number of halogens is 1. The third-order valence-electron chi connectivity index (χ3n) is 2.44. The molecule has 0 saturated heterocycles. The molecule has 0 radical (unpaired) electrons. The maximum absolute atomic E-state index is 6.00. The second kappa shape index (κ2) is 6.89. The Morgan fingerprint density at radius 1 is 0.895 bits per heavy atom. The van der Waals surface area contributed by atoms with Crippen LogP contribution in [0.3, 0.4) is 0 Å². The molecule has 0 atom stereocenters. The molecule has 0 amide bonds. The van der Waals surface area contributed by atoms with Gasteiger partial charge in [-0.15, -0.1) is 0 Å². The summed E-state index contributed by atoms with van der Waals surface area (Å²) in [5.41, 5.74) is 0. The van der Waals surface area contributed by atoms with E-state index in [0.717, 1.165) is 13.1 Å². The topological polar surface area (TPSA) is 45.2 Å². The van der Waals surface area contributed by atoms with E-state index in [4.69, 9.17) is 11.6 Å². The van der Waals surface area contributed by atoms with Crippen LogP contribution < -0.4 is 9.80 Å². The van der Waals surface area contributed by atoms with Crippen LogP contribution in [-0.2, 0) is 0 Å². The highest BCUT2D eigenvalue weighted by atomic mass is 35.5. The second-order valence-corrected chi connectivity index (χ2v) is 6.13. The zero-order valence-corrected chi connectivity index (χ0v) is 13.4. The van der Waals surface area contributed by atoms with E-state index >= 15 is 0 Å². The van der Waals surface area contributed by atoms with Gasteiger partial charge in [0.1, 0.15) is 0 Å². The molecule has 0 aliphatic carbocycles. The van der Waals surface area contributed by atoms with Crippen LogP contribution in [0.5, 0.6) is 0 Å². The van der Waals surface area contributed by atoms with Crippen molar-refractivity contribution < 1.29 is 0 Å². The number of aromatic nitrogens is 3. The van der Waals surface area contributed by atoms with Crippen molar-refractivity contribution in [2.45, 2.75) is 27.7 Å². The molecule has 0 bridgehead atoms. The standard InChI is InChI=1S/C13H24ClN5/c1-9(2)7-19(8-10(3)4)13-16-11(14)15-12(17-13)18(5)6/h9-10H,7-8H2,1-6H3. The number of hydrogen-bond acceptors (Lipinski definition) is 5. The van der Waals surface area contributed by atoms with E-state index in [1.807, 2.05) is 19.0 Å². The average Bonchev–Trinajstić information content (AvgIpc) is 2.25. The van der Waals surface area contributed by atoms with Crippen molar-refractivity contribution in [1.82, 2.24) is 15.0 Å². The van der Waals surface area contributed by atoms with E-state index in [2.05, 4.69) is 47.5 Å². The molecule has 0 fully saturated rings. The van der Waals surface area contributed by atoms with Gasteiger partial charge < -0.3 is 9.80 Å². The fourth-order valence-corrected chi connectivity index (χ4v) is 1.94. The lowest BCUT2D eigenvalue weighted by atomic mass is 10.1. The van der Waals surface area contributed by atoms with E-state index < -0.39 is 0 Å². The summed E-state index contributed by atoms with van der Waals surface area (Å²) < 4.78 is 0. The van der Waals surface area contributed by atoms with E-state index in [1.165, 1.54) is 0 Å². The van der Waals surface area contributed by atoms with Gasteiger partial charge in [-0.05, 0) is 23.4 Å². The van der Waals surface area contributed by atoms with Crippen molar-refractivity contribution in [3.8, 4) is 0 Å². The van der Waals surface area contributed by atoms with Crippen LogP contribution in [0.1, 0.15) is 27.7 Å². The van der Waals surface area contributed by atoms with Crippen LogP contribution in [0, 0.1) is 11.8 Å². The lowest BCUT2D eigenvalue weighted by Crippen LogP contribution is -2.33. The van der Waals surface area contributed by atoms with Crippen molar-refractivity contribution >= 4 is 23.5 Å². The second-order valence-electron chi connectivity index (χ2n) is 5.79. The molecule has 0 saturated carbocycles. The Morgan fingerprint density at radius 3 is 1.79 bits per heavy atom. The highest BCUT2D eigenvalue weighted by Gasteiger charge is 2.16. The Labute approximate surface area is 121 Å². The normalized spacial score (nSPS) is 11.2. The van der Waals surface area contributed by atoms with E-state index in [9.17, 15) is 0 Å². The molecule has 1 heterocycles. The van der Waals surface area contributed by atoms with Crippen molar-refractivity contribution in [1.29, 1.82) is 0 Å². The summed E-state index contributed by atoms with van der Waals surface area (Å²) in [7, 11) is 3.79. The molecule has 108 valence electrons. The summed E-state index contributed by atoms with van der Waals surface area (Å²) in [5.74, 6) is 2.33. The Balaban J connectivity index is 3.06. The molecule has 0 spiro atoms. The Bertz CT molecular complexity index is 396. The molecule has 0 aliphatic heterocycles. The molecule has 19 heavy (non-hydrogen) atoms. The maximum Gasteiger partial charge on any atom is 0.231 e. The van der Waals surface area contributed by atoms with Crippen LogP contribution >= 0.6 is 11.6 Å². The first-order chi connectivity index (χ1) is 8.79. The van der Waals surface area contributed by atoms with Gasteiger partial charge in [0.05, 0.1) is 0 Å². The quantitative estimate of drug-likeness (QED) is 0.804. The molecule has 1 aromatic heterocycles. The van der Waals surface area contributed by atoms with Crippen LogP contribution in [0.2, 0.25) is 5.28 Å². The van der Waals surface area contributed by atoms with Gasteiger partial charge in [-0.2, -0.15) is 15.0 Å². The van der Waals surface area contributed by atoms with Gasteiger partial charge in [-0.1, -0.05) is 27.7 Å². The van der Waals surface area contributed by atoms with E-state index in [0.29, 0.717) is 23.7 Å². The zero-order valence-electron chi connectivity index (χ0n) is 12.7. The number of hydrogen-bond donors (Lipinski definition) is 0. The minimum atomic E-state index is 0.242. The third-order valence-corrected chi connectivity index (χ3v) is 2.61. The largest absolute Gasteiger partial charge is 0.347 e. The summed E-state index contributed by atoms with van der Waals surface area (Å²) in [4.78, 5) is 16.9. The maximum atomic E-state index is 6.00. The predicted molar refractivity (Wildman–Crippen MR) is 81.1 cm³/mol. The Morgan fingerprint density at radius 2 is 1.37 bits per heavy atom. The van der Waals surface area contributed by atoms with Gasteiger partial charge in [0.2, 0.25) is 17.2 Å². The zero-order chi connectivity index (χ0) is 14.6. The lowest BCUT2D eigenvalue weighted by Gasteiger charge is -2.26. The molecular weight excluding hydrogens is 262 g/mol. The minimum absolute atomic E-state index is 0.242. The van der Waals surface area contributed by atoms with Crippen LogP contribution in [0.4, 0.5) is 11.9 Å². The van der Waals surface area contributed by atoms with Crippen molar-refractivity contribution in [3.63, 3.8) is 0 Å². The van der Waals surface area contributed by atoms with E-state index in [-0.39, 0.29) is 5.28 Å². The number of nitrogens with zero attached hydrogens (tertiary/aromatic N) is 5. The summed E-state index contributed by atoms with van der Waals surface area (Å²) in [5, 5.41) is 0.242. The van der Waals surface area contributed by atoms with Gasteiger partial charge in [-0.25, -0.2) is 0 Å². The minimum Gasteiger partial charge on any atom is -0.347 e. The van der Waals surface area contributed by atoms with Crippen LogP contribution in [0.15, 0.2) is 0 Å². The first-order valence-corrected chi connectivity index (χ1v) is 7.01. The van der Waals surface area contributed by atoms with Crippen molar-refractivity contribution in [2.24, 2.45) is 11.8 Å². The van der Waals surface area contributed by atoms with Gasteiger partial charge >= 0.3 is 0 Å².